The summed E-state index contributed by atoms with van der Waals surface area (Å²) in [6, 6.07) is 26.3. The molecular formula is C62H81BBr4FN13O12. The van der Waals surface area contributed by atoms with E-state index in [1.165, 1.54) is 12.1 Å². The number of rotatable bonds is 17. The highest BCUT2D eigenvalue weighted by molar-refractivity contribution is 9.11. The minimum Gasteiger partial charge on any atom is -0.399 e. The number of halogens is 5. The van der Waals surface area contributed by atoms with Gasteiger partial charge in [0.15, 0.2) is 0 Å². The molecule has 0 aliphatic carbocycles. The molecule has 5 aromatic carbocycles. The summed E-state index contributed by atoms with van der Waals surface area (Å²) in [4.78, 5) is 59.6. The van der Waals surface area contributed by atoms with E-state index in [9.17, 15) is 34.2 Å². The van der Waals surface area contributed by atoms with Crippen LogP contribution >= 0.6 is 63.7 Å². The molecule has 25 nitrogen and oxygen atoms in total. The fourth-order valence-electron chi connectivity index (χ4n) is 10.5. The zero-order chi connectivity index (χ0) is 66.7. The van der Waals surface area contributed by atoms with Crippen LogP contribution in [0.3, 0.4) is 0 Å². The number of anilines is 3. The van der Waals surface area contributed by atoms with Crippen molar-refractivity contribution >= 4 is 127 Å². The Labute approximate surface area is 573 Å². The van der Waals surface area contributed by atoms with E-state index in [-0.39, 0.29) is 33.2 Å². The van der Waals surface area contributed by atoms with Gasteiger partial charge in [0, 0.05) is 135 Å². The van der Waals surface area contributed by atoms with E-state index in [0.29, 0.717) is 34.3 Å². The maximum absolute atomic E-state index is 12.6. The van der Waals surface area contributed by atoms with Crippen LogP contribution in [-0.2, 0) is 41.3 Å². The van der Waals surface area contributed by atoms with E-state index in [0.717, 1.165) is 198 Å². The van der Waals surface area contributed by atoms with Gasteiger partial charge in [0.2, 0.25) is 5.82 Å². The summed E-state index contributed by atoms with van der Waals surface area (Å²) in [5.74, 6) is -0.821. The number of nitrogens with two attached hydrogens (primary N) is 1. The number of aromatic nitrogens is 4. The lowest BCUT2D eigenvalue weighted by molar-refractivity contribution is -0.387. The van der Waals surface area contributed by atoms with Crippen LogP contribution in [0.15, 0.2) is 118 Å². The zero-order valence-electron chi connectivity index (χ0n) is 52.7. The first-order valence-electron chi connectivity index (χ1n) is 30.8. The number of aromatic amines is 2. The summed E-state index contributed by atoms with van der Waals surface area (Å²) in [6.07, 6.45) is 0. The zero-order valence-corrected chi connectivity index (χ0v) is 59.0. The van der Waals surface area contributed by atoms with Crippen LogP contribution in [0.2, 0.25) is 0 Å². The van der Waals surface area contributed by atoms with Crippen LogP contribution in [0.5, 0.6) is 0 Å². The molecule has 0 atom stereocenters. The molecule has 12 rings (SSSR count). The van der Waals surface area contributed by atoms with Crippen molar-refractivity contribution in [3.63, 3.8) is 0 Å². The standard InChI is InChI=1S/C19H28BN3O4.C13H16BrN3O2.C12H16BrN3O3.C12H18BrN3O.C6H3BrFNO2/c1-18(2)19(3,4)27-20(26-18)14-5-6-16-15(13-14)21-17(24)23(16)8-7-22-9-11-25-12-10-22;14-10-1-2-12-11(9-10)15-13(18)17(12)4-3-16-5-7-19-8-6-16;13-10-1-2-11(12(9-10)16(17)18)14-3-4-15-5-7-19-8-6-15;13-10-1-2-12(11(14)9-10)15-3-4-16-5-7-17-8-6-16;7-4-1-2-5(8)6(3-4)9(10)11/h5-6,13H,7-12H2,1-4H3,(H,21,24);1-2,9H,3-8H2,(H,15,18);1-2,9,14H,3-8H2;1-2,9,15H,3-8,14H2;1-3H. The van der Waals surface area contributed by atoms with E-state index >= 15 is 0 Å². The van der Waals surface area contributed by atoms with Crippen LogP contribution in [0, 0.1) is 26.0 Å². The van der Waals surface area contributed by atoms with Gasteiger partial charge in [-0.15, -0.1) is 0 Å². The molecule has 0 radical (unpaired) electrons. The Hall–Kier alpha value is -5.65. The van der Waals surface area contributed by atoms with Crippen LogP contribution in [0.4, 0.5) is 32.8 Å². The number of nitro groups is 2. The quantitative estimate of drug-likeness (QED) is 0.0246. The molecule has 0 saturated carbocycles. The van der Waals surface area contributed by atoms with Gasteiger partial charge in [0.25, 0.3) is 5.69 Å². The number of morpholine rings is 4. The topological polar surface area (TPSA) is 280 Å². The molecule has 7 heterocycles. The molecule has 504 valence electrons. The highest BCUT2D eigenvalue weighted by Gasteiger charge is 2.51. The Morgan fingerprint density at radius 2 is 0.892 bits per heavy atom. The summed E-state index contributed by atoms with van der Waals surface area (Å²) < 4.78 is 52.9. The van der Waals surface area contributed by atoms with Gasteiger partial charge >= 0.3 is 24.2 Å². The lowest BCUT2D eigenvalue weighted by Gasteiger charge is -2.32. The van der Waals surface area contributed by atoms with Gasteiger partial charge in [0.1, 0.15) is 5.69 Å². The van der Waals surface area contributed by atoms with Crippen LogP contribution in [0.25, 0.3) is 22.1 Å². The second-order valence-corrected chi connectivity index (χ2v) is 27.0. The average Bonchev–Trinajstić information content (AvgIpc) is 1.63. The molecule has 2 aromatic heterocycles. The number of hydrogen-bond acceptors (Lipinski definition) is 19. The third kappa shape index (κ3) is 21.7. The highest BCUT2D eigenvalue weighted by atomic mass is 79.9. The van der Waals surface area contributed by atoms with Crippen molar-refractivity contribution in [1.82, 2.24) is 38.7 Å². The van der Waals surface area contributed by atoms with Gasteiger partial charge in [-0.25, -0.2) is 9.59 Å². The maximum Gasteiger partial charge on any atom is 0.494 e. The molecule has 0 unspecified atom stereocenters. The molecule has 5 aliphatic rings. The van der Waals surface area contributed by atoms with Gasteiger partial charge in [-0.1, -0.05) is 69.8 Å². The number of nitrogens with one attached hydrogen (secondary N) is 4. The number of hydrogen-bond donors (Lipinski definition) is 5. The molecule has 7 aromatic rings. The van der Waals surface area contributed by atoms with Gasteiger partial charge < -0.3 is 54.6 Å². The number of benzene rings is 5. The molecule has 5 saturated heterocycles. The van der Waals surface area contributed by atoms with Gasteiger partial charge in [-0.2, -0.15) is 4.39 Å². The smallest absolute Gasteiger partial charge is 0.399 e. The van der Waals surface area contributed by atoms with Gasteiger partial charge in [0.05, 0.1) is 107 Å². The lowest BCUT2D eigenvalue weighted by atomic mass is 9.79. The van der Waals surface area contributed by atoms with Crippen molar-refractivity contribution in [3.05, 3.63) is 156 Å². The summed E-state index contributed by atoms with van der Waals surface area (Å²) >= 11 is 13.0. The number of ether oxygens (including phenoxy) is 4. The molecule has 5 aliphatic heterocycles. The first-order valence-corrected chi connectivity index (χ1v) is 33.9. The first-order chi connectivity index (χ1) is 44.5. The Bertz CT molecular complexity index is 3690. The summed E-state index contributed by atoms with van der Waals surface area (Å²) in [6.45, 7) is 28.7. The molecule has 93 heavy (non-hydrogen) atoms. The van der Waals surface area contributed by atoms with E-state index in [1.54, 1.807) is 21.3 Å². The fourth-order valence-corrected chi connectivity index (χ4v) is 11.9. The number of nitrogen functional groups attached to an aromatic ring is 1. The molecule has 6 N–H and O–H groups in total. The minimum absolute atomic E-state index is 0.0404. The predicted octanol–water partition coefficient (Wildman–Crippen LogP) is 8.76. The van der Waals surface area contributed by atoms with Crippen LogP contribution in [-0.4, -0.2) is 211 Å². The molecule has 0 bridgehead atoms. The first kappa shape index (κ1) is 73.2. The van der Waals surface area contributed by atoms with Crippen LogP contribution in [0.1, 0.15) is 27.7 Å². The largest absolute Gasteiger partial charge is 0.494 e. The second-order valence-electron chi connectivity index (χ2n) is 23.4. The third-order valence-electron chi connectivity index (χ3n) is 16.5. The number of nitrogens with zero attached hydrogens (tertiary/aromatic N) is 8. The van der Waals surface area contributed by atoms with Crippen molar-refractivity contribution in [2.24, 2.45) is 0 Å². The van der Waals surface area contributed by atoms with Crippen molar-refractivity contribution in [1.29, 1.82) is 0 Å². The Morgan fingerprint density at radius 3 is 1.34 bits per heavy atom. The van der Waals surface area contributed by atoms with Crippen molar-refractivity contribution < 1.29 is 42.5 Å². The summed E-state index contributed by atoms with van der Waals surface area (Å²) in [5, 5.41) is 27.6. The predicted molar refractivity (Wildman–Crippen MR) is 375 cm³/mol. The summed E-state index contributed by atoms with van der Waals surface area (Å²) in [7, 11) is -0.431. The van der Waals surface area contributed by atoms with E-state index in [4.69, 9.17) is 34.0 Å². The minimum atomic E-state index is -0.821. The number of nitro benzene ring substituents is 2. The monoisotopic (exact) mass is 1550 g/mol. The Balaban J connectivity index is 0.000000153. The fraction of sp³-hybridized carbons (Fsp3) is 0.484. The van der Waals surface area contributed by atoms with E-state index < -0.39 is 23.5 Å². The van der Waals surface area contributed by atoms with Crippen LogP contribution < -0.4 is 33.2 Å². The van der Waals surface area contributed by atoms with Crippen molar-refractivity contribution in [2.45, 2.75) is 52.0 Å². The molecule has 5 fully saturated rings. The molecule has 0 spiro atoms. The van der Waals surface area contributed by atoms with Crippen molar-refractivity contribution in [3.8, 4) is 0 Å². The van der Waals surface area contributed by atoms with Gasteiger partial charge in [-0.3, -0.25) is 49.0 Å². The van der Waals surface area contributed by atoms with Crippen molar-refractivity contribution in [2.75, 3.05) is 161 Å². The summed E-state index contributed by atoms with van der Waals surface area (Å²) in [5.41, 5.74) is 11.4. The third-order valence-corrected chi connectivity index (χ3v) is 18.5. The Kier molecular flexibility index (Phi) is 27.8. The van der Waals surface area contributed by atoms with E-state index in [2.05, 4.69) is 104 Å². The highest BCUT2D eigenvalue weighted by Crippen LogP contribution is 2.37. The van der Waals surface area contributed by atoms with Gasteiger partial charge in [-0.05, 0) is 106 Å². The number of fused-ring (bicyclic) bond motifs is 2. The normalized spacial score (nSPS) is 17.6. The molecule has 31 heteroatoms. The number of imidazole rings is 2. The SMILES string of the molecule is CC1(C)OB(c2ccc3c(c2)[nH]c(=O)n3CCN2CCOCC2)OC1(C)C.Nc1cc(Br)ccc1NCCN1CCOCC1.O=[N+]([O-])c1cc(Br)ccc1F.O=[N+]([O-])c1cc(Br)ccc1NCCN1CCOCC1.O=c1[nH]c2cc(Br)ccc2n1CCN1CCOCC1. The lowest BCUT2D eigenvalue weighted by Crippen LogP contribution is -2.41. The average molecular weight is 1550 g/mol. The number of H-pyrrole nitrogens is 2. The molecule has 0 amide bonds. The van der Waals surface area contributed by atoms with E-state index in [1.807, 2.05) is 82.3 Å². The maximum atomic E-state index is 12.6. The second kappa shape index (κ2) is 35.4. The Morgan fingerprint density at radius 1 is 0.516 bits per heavy atom. The molecular weight excluding hydrogens is 1470 g/mol.